The number of benzene rings is 2. The number of para-hydroxylation sites is 2. The Morgan fingerprint density at radius 1 is 0.968 bits per heavy atom. The first-order valence-electron chi connectivity index (χ1n) is 11.0. The van der Waals surface area contributed by atoms with E-state index in [4.69, 9.17) is 9.97 Å². The predicted octanol–water partition coefficient (Wildman–Crippen LogP) is 3.98. The summed E-state index contributed by atoms with van der Waals surface area (Å²) in [5, 5.41) is 12.8. The minimum absolute atomic E-state index is 0.320. The highest BCUT2D eigenvalue weighted by molar-refractivity contribution is 5.88. The van der Waals surface area contributed by atoms with Crippen molar-refractivity contribution in [3.63, 3.8) is 0 Å². The minimum atomic E-state index is -0.994. The van der Waals surface area contributed by atoms with Crippen molar-refractivity contribution in [1.29, 1.82) is 5.26 Å². The molecule has 2 aromatic carbocycles. The van der Waals surface area contributed by atoms with Crippen molar-refractivity contribution in [1.82, 2.24) is 15.3 Å². The highest BCUT2D eigenvalue weighted by Gasteiger charge is 2.28. The van der Waals surface area contributed by atoms with Gasteiger partial charge < -0.3 is 10.2 Å². The van der Waals surface area contributed by atoms with Crippen LogP contribution in [0.15, 0.2) is 54.6 Å². The van der Waals surface area contributed by atoms with Gasteiger partial charge in [-0.05, 0) is 37.0 Å². The molecular formula is C25H27N5O. The van der Waals surface area contributed by atoms with Gasteiger partial charge in [-0.1, -0.05) is 55.3 Å². The zero-order chi connectivity index (χ0) is 21.5. The van der Waals surface area contributed by atoms with Gasteiger partial charge in [0.1, 0.15) is 5.69 Å². The summed E-state index contributed by atoms with van der Waals surface area (Å²) in [7, 11) is 0. The van der Waals surface area contributed by atoms with Crippen molar-refractivity contribution < 1.29 is 4.79 Å². The molecule has 1 aliphatic rings. The van der Waals surface area contributed by atoms with Crippen molar-refractivity contribution >= 4 is 22.8 Å². The molecule has 4 rings (SSSR count). The molecule has 1 atom stereocenters. The minimum Gasteiger partial charge on any atom is -0.355 e. The molecule has 0 spiro atoms. The Hall–Kier alpha value is -3.46. The molecule has 2 heterocycles. The van der Waals surface area contributed by atoms with Crippen LogP contribution in [-0.2, 0) is 11.2 Å². The summed E-state index contributed by atoms with van der Waals surface area (Å²) in [6.07, 6.45) is 5.25. The molecule has 1 amide bonds. The van der Waals surface area contributed by atoms with Crippen molar-refractivity contribution in [3.05, 3.63) is 65.9 Å². The summed E-state index contributed by atoms with van der Waals surface area (Å²) in [5.41, 5.74) is 3.09. The van der Waals surface area contributed by atoms with Gasteiger partial charge in [-0.15, -0.1) is 0 Å². The number of nitrogens with one attached hydrogen (secondary N) is 1. The van der Waals surface area contributed by atoms with E-state index >= 15 is 0 Å². The van der Waals surface area contributed by atoms with Crippen LogP contribution in [0.5, 0.6) is 0 Å². The van der Waals surface area contributed by atoms with E-state index in [-0.39, 0.29) is 5.91 Å². The lowest BCUT2D eigenvalue weighted by Gasteiger charge is -2.25. The molecule has 3 aromatic rings. The number of hydrogen-bond acceptors (Lipinski definition) is 5. The quantitative estimate of drug-likeness (QED) is 0.661. The van der Waals surface area contributed by atoms with Gasteiger partial charge >= 0.3 is 0 Å². The molecule has 1 fully saturated rings. The summed E-state index contributed by atoms with van der Waals surface area (Å²) in [5.74, 6) is -0.643. The number of fused-ring (bicyclic) bond motifs is 1. The predicted molar refractivity (Wildman–Crippen MR) is 122 cm³/mol. The van der Waals surface area contributed by atoms with Gasteiger partial charge in [0, 0.05) is 19.6 Å². The van der Waals surface area contributed by atoms with Crippen LogP contribution in [0.4, 0.5) is 5.82 Å². The molecule has 1 aliphatic heterocycles. The SMILES string of the molecule is N#C[C@H](C(=O)NCCc1ccccc1)c1nc2ccccc2nc1N1CCCCCC1. The lowest BCUT2D eigenvalue weighted by molar-refractivity contribution is -0.121. The van der Waals surface area contributed by atoms with Crippen LogP contribution in [0.25, 0.3) is 11.0 Å². The van der Waals surface area contributed by atoms with Gasteiger partial charge in [0.2, 0.25) is 5.91 Å². The van der Waals surface area contributed by atoms with Crippen LogP contribution in [0.3, 0.4) is 0 Å². The number of amides is 1. The third kappa shape index (κ3) is 5.00. The van der Waals surface area contributed by atoms with Crippen molar-refractivity contribution in [2.24, 2.45) is 0 Å². The number of nitriles is 1. The second-order valence-corrected chi connectivity index (χ2v) is 7.91. The molecule has 158 valence electrons. The van der Waals surface area contributed by atoms with Crippen LogP contribution in [0.2, 0.25) is 0 Å². The molecule has 31 heavy (non-hydrogen) atoms. The number of anilines is 1. The first-order valence-corrected chi connectivity index (χ1v) is 11.0. The van der Waals surface area contributed by atoms with E-state index in [2.05, 4.69) is 16.3 Å². The van der Waals surface area contributed by atoms with Gasteiger partial charge in [-0.3, -0.25) is 4.79 Å². The number of hydrogen-bond donors (Lipinski definition) is 1. The molecule has 6 nitrogen and oxygen atoms in total. The van der Waals surface area contributed by atoms with Crippen molar-refractivity contribution in [2.45, 2.75) is 38.0 Å². The highest BCUT2D eigenvalue weighted by atomic mass is 16.1. The zero-order valence-electron chi connectivity index (χ0n) is 17.6. The Bertz CT molecular complexity index is 1070. The summed E-state index contributed by atoms with van der Waals surface area (Å²) in [4.78, 5) is 24.8. The maximum absolute atomic E-state index is 13.0. The summed E-state index contributed by atoms with van der Waals surface area (Å²) >= 11 is 0. The Kier molecular flexibility index (Phi) is 6.73. The Labute approximate surface area is 182 Å². The van der Waals surface area contributed by atoms with E-state index < -0.39 is 5.92 Å². The van der Waals surface area contributed by atoms with Crippen LogP contribution in [0.1, 0.15) is 42.9 Å². The second-order valence-electron chi connectivity index (χ2n) is 7.91. The Morgan fingerprint density at radius 3 is 2.29 bits per heavy atom. The molecule has 0 saturated carbocycles. The lowest BCUT2D eigenvalue weighted by Crippen LogP contribution is -2.33. The fraction of sp³-hybridized carbons (Fsp3) is 0.360. The normalized spacial score (nSPS) is 15.1. The molecule has 1 aromatic heterocycles. The van der Waals surface area contributed by atoms with Crippen LogP contribution in [0, 0.1) is 11.3 Å². The smallest absolute Gasteiger partial charge is 0.243 e. The molecular weight excluding hydrogens is 386 g/mol. The fourth-order valence-electron chi connectivity index (χ4n) is 4.03. The van der Waals surface area contributed by atoms with Gasteiger partial charge in [0.15, 0.2) is 11.7 Å². The average molecular weight is 414 g/mol. The average Bonchev–Trinajstić information content (AvgIpc) is 3.09. The van der Waals surface area contributed by atoms with Crippen molar-refractivity contribution in [2.75, 3.05) is 24.5 Å². The third-order valence-corrected chi connectivity index (χ3v) is 5.70. The monoisotopic (exact) mass is 413 g/mol. The van der Waals surface area contributed by atoms with Crippen LogP contribution in [-0.4, -0.2) is 35.5 Å². The largest absolute Gasteiger partial charge is 0.355 e. The molecule has 0 radical (unpaired) electrons. The molecule has 6 heteroatoms. The first-order chi connectivity index (χ1) is 15.3. The second kappa shape index (κ2) is 10.0. The van der Waals surface area contributed by atoms with E-state index in [0.29, 0.717) is 30.0 Å². The maximum Gasteiger partial charge on any atom is 0.243 e. The van der Waals surface area contributed by atoms with E-state index in [1.165, 1.54) is 12.8 Å². The standard InChI is InChI=1S/C25H27N5O/c26-18-20(25(31)27-15-14-19-10-4-3-5-11-19)23-24(30-16-8-1-2-9-17-30)29-22-13-7-6-12-21(22)28-23/h3-7,10-13,20H,1-2,8-9,14-17H2,(H,27,31)/t20-/m0/s1. The van der Waals surface area contributed by atoms with Crippen molar-refractivity contribution in [3.8, 4) is 6.07 Å². The van der Waals surface area contributed by atoms with Crippen LogP contribution < -0.4 is 10.2 Å². The third-order valence-electron chi connectivity index (χ3n) is 5.70. The summed E-state index contributed by atoms with van der Waals surface area (Å²) in [6, 6.07) is 19.8. The number of nitrogens with zero attached hydrogens (tertiary/aromatic N) is 4. The maximum atomic E-state index is 13.0. The van der Waals surface area contributed by atoms with Gasteiger partial charge in [-0.25, -0.2) is 9.97 Å². The molecule has 0 aliphatic carbocycles. The number of rotatable bonds is 6. The molecule has 0 bridgehead atoms. The van der Waals surface area contributed by atoms with Gasteiger partial charge in [0.25, 0.3) is 0 Å². The molecule has 1 N–H and O–H groups in total. The Morgan fingerprint density at radius 2 is 1.61 bits per heavy atom. The molecule has 0 unspecified atom stereocenters. The number of carbonyl (C=O) groups excluding carboxylic acids is 1. The Balaban J connectivity index is 1.60. The van der Waals surface area contributed by atoms with E-state index in [1.807, 2.05) is 54.6 Å². The lowest BCUT2D eigenvalue weighted by atomic mass is 10.0. The first kappa shape index (κ1) is 20.8. The highest BCUT2D eigenvalue weighted by Crippen LogP contribution is 2.29. The number of carbonyl (C=O) groups is 1. The van der Waals surface area contributed by atoms with Gasteiger partial charge in [-0.2, -0.15) is 5.26 Å². The van der Waals surface area contributed by atoms with Crippen LogP contribution >= 0.6 is 0 Å². The van der Waals surface area contributed by atoms with E-state index in [9.17, 15) is 10.1 Å². The topological polar surface area (TPSA) is 81.9 Å². The summed E-state index contributed by atoms with van der Waals surface area (Å²) in [6.45, 7) is 2.21. The van der Waals surface area contributed by atoms with E-state index in [0.717, 1.165) is 37.0 Å². The summed E-state index contributed by atoms with van der Waals surface area (Å²) < 4.78 is 0. The fourth-order valence-corrected chi connectivity index (χ4v) is 4.03. The number of aromatic nitrogens is 2. The molecule has 1 saturated heterocycles. The van der Waals surface area contributed by atoms with Gasteiger partial charge in [0.05, 0.1) is 17.1 Å². The van der Waals surface area contributed by atoms with E-state index in [1.54, 1.807) is 0 Å². The zero-order valence-corrected chi connectivity index (χ0v) is 17.6.